The summed E-state index contributed by atoms with van der Waals surface area (Å²) in [5.41, 5.74) is 0.651. The Morgan fingerprint density at radius 3 is 2.36 bits per heavy atom. The summed E-state index contributed by atoms with van der Waals surface area (Å²) >= 11 is 0. The predicted molar refractivity (Wildman–Crippen MR) is 110 cm³/mol. The number of anilines is 1. The fourth-order valence-corrected chi connectivity index (χ4v) is 3.77. The molecule has 0 amide bonds. The largest absolute Gasteiger partial charge is 0.356 e. The maximum absolute atomic E-state index is 12.5. The average Bonchev–Trinajstić information content (AvgIpc) is 3.18. The maximum Gasteiger partial charge on any atom is 0.315 e. The van der Waals surface area contributed by atoms with Crippen LogP contribution in [-0.2, 0) is 4.79 Å². The minimum absolute atomic E-state index is 0.0410. The Balaban J connectivity index is 0.00000136. The van der Waals surface area contributed by atoms with E-state index < -0.39 is 6.04 Å². The lowest BCUT2D eigenvalue weighted by atomic mass is 10.0. The summed E-state index contributed by atoms with van der Waals surface area (Å²) in [4.78, 5) is 32.9. The smallest absolute Gasteiger partial charge is 0.315 e. The minimum Gasteiger partial charge on any atom is -0.356 e. The zero-order valence-corrected chi connectivity index (χ0v) is 17.4. The minimum atomic E-state index is -1.24. The molecule has 3 rings (SSSR count). The van der Waals surface area contributed by atoms with Crippen LogP contribution in [0, 0.1) is 5.92 Å². The van der Waals surface area contributed by atoms with Crippen molar-refractivity contribution in [3.8, 4) is 0 Å². The van der Waals surface area contributed by atoms with Crippen molar-refractivity contribution in [1.82, 2.24) is 14.8 Å². The first-order chi connectivity index (χ1) is 13.5. The number of aromatic nitrogens is 1. The molecule has 0 N–H and O–H groups in total. The third kappa shape index (κ3) is 6.63. The van der Waals surface area contributed by atoms with Crippen LogP contribution in [0.4, 0.5) is 10.2 Å². The van der Waals surface area contributed by atoms with Gasteiger partial charge in [0.1, 0.15) is 5.82 Å². The lowest BCUT2D eigenvalue weighted by Crippen LogP contribution is -2.47. The van der Waals surface area contributed by atoms with E-state index in [4.69, 9.17) is 0 Å². The number of carbonyl (C=O) groups is 2. The van der Waals surface area contributed by atoms with Crippen LogP contribution in [0.25, 0.3) is 0 Å². The van der Waals surface area contributed by atoms with Gasteiger partial charge in [0.25, 0.3) is 0 Å². The van der Waals surface area contributed by atoms with Crippen LogP contribution in [0.2, 0.25) is 0 Å². The maximum atomic E-state index is 12.5. The van der Waals surface area contributed by atoms with Crippen molar-refractivity contribution >= 4 is 17.6 Å². The summed E-state index contributed by atoms with van der Waals surface area (Å²) in [6.07, 6.45) is 3.96. The van der Waals surface area contributed by atoms with Gasteiger partial charge in [0, 0.05) is 51.0 Å². The van der Waals surface area contributed by atoms with E-state index in [0.29, 0.717) is 11.5 Å². The molecule has 2 saturated heterocycles. The molecule has 6 nitrogen and oxygen atoms in total. The monoisotopic (exact) mass is 392 g/mol. The van der Waals surface area contributed by atoms with Crippen LogP contribution in [0.5, 0.6) is 0 Å². The molecule has 156 valence electrons. The summed E-state index contributed by atoms with van der Waals surface area (Å²) in [6.45, 7) is 11.9. The number of carbonyl (C=O) groups excluding carboxylic acids is 2. The van der Waals surface area contributed by atoms with Gasteiger partial charge in [-0.1, -0.05) is 13.8 Å². The molecule has 2 aliphatic rings. The fraction of sp³-hybridized carbons (Fsp3) is 0.667. The van der Waals surface area contributed by atoms with Crippen molar-refractivity contribution in [2.45, 2.75) is 33.6 Å². The van der Waals surface area contributed by atoms with Crippen molar-refractivity contribution in [3.63, 3.8) is 0 Å². The summed E-state index contributed by atoms with van der Waals surface area (Å²) in [5, 5.41) is 0. The molecule has 0 radical (unpaired) electrons. The van der Waals surface area contributed by atoms with Crippen LogP contribution in [0.1, 0.15) is 44.0 Å². The Morgan fingerprint density at radius 1 is 1.11 bits per heavy atom. The third-order valence-corrected chi connectivity index (χ3v) is 5.43. The van der Waals surface area contributed by atoms with E-state index in [-0.39, 0.29) is 12.3 Å². The Morgan fingerprint density at radius 2 is 1.79 bits per heavy atom. The number of nitrogens with zero attached hydrogens (tertiary/aromatic N) is 4. The number of hydrogen-bond acceptors (Lipinski definition) is 6. The third-order valence-electron chi connectivity index (χ3n) is 5.43. The molecule has 0 saturated carbocycles. The standard InChI is InChI=1S/C19H27FN4O2.C2H6/c1-15(25)17-2-3-19(21-12-17)24-7-5-16(13-24)4-6-22-8-10-23(11-9-22)14-18(20)26;1-2/h2-3,12,16H,4-11,13-14H2,1H3;1-2H3. The molecule has 2 fully saturated rings. The van der Waals surface area contributed by atoms with E-state index in [9.17, 15) is 14.0 Å². The van der Waals surface area contributed by atoms with E-state index in [1.54, 1.807) is 13.1 Å². The quantitative estimate of drug-likeness (QED) is 0.525. The van der Waals surface area contributed by atoms with Gasteiger partial charge in [-0.2, -0.15) is 4.39 Å². The molecular formula is C21H33FN4O2. The lowest BCUT2D eigenvalue weighted by molar-refractivity contribution is -0.130. The number of hydrogen-bond donors (Lipinski definition) is 0. The Kier molecular flexibility index (Phi) is 8.99. The zero-order chi connectivity index (χ0) is 20.5. The highest BCUT2D eigenvalue weighted by Crippen LogP contribution is 2.24. The fourth-order valence-electron chi connectivity index (χ4n) is 3.77. The molecule has 0 aromatic carbocycles. The van der Waals surface area contributed by atoms with Gasteiger partial charge in [0.05, 0.1) is 6.54 Å². The second-order valence-electron chi connectivity index (χ2n) is 7.32. The molecule has 0 aliphatic carbocycles. The van der Waals surface area contributed by atoms with E-state index >= 15 is 0 Å². The number of halogens is 1. The molecule has 7 heteroatoms. The lowest BCUT2D eigenvalue weighted by Gasteiger charge is -2.34. The Bertz CT molecular complexity index is 630. The second-order valence-corrected chi connectivity index (χ2v) is 7.32. The molecule has 0 spiro atoms. The Hall–Kier alpha value is -1.86. The highest BCUT2D eigenvalue weighted by Gasteiger charge is 2.25. The van der Waals surface area contributed by atoms with Gasteiger partial charge in [-0.3, -0.25) is 14.5 Å². The summed E-state index contributed by atoms with van der Waals surface area (Å²) in [6, 6.07) is 2.54. The predicted octanol–water partition coefficient (Wildman–Crippen LogP) is 2.64. The number of pyridine rings is 1. The molecule has 1 atom stereocenters. The van der Waals surface area contributed by atoms with Crippen LogP contribution in [0.15, 0.2) is 18.3 Å². The van der Waals surface area contributed by atoms with E-state index in [2.05, 4.69) is 14.8 Å². The van der Waals surface area contributed by atoms with Crippen molar-refractivity contribution in [3.05, 3.63) is 23.9 Å². The Labute approximate surface area is 167 Å². The molecule has 3 heterocycles. The molecule has 1 aromatic rings. The van der Waals surface area contributed by atoms with Gasteiger partial charge >= 0.3 is 6.04 Å². The first-order valence-electron chi connectivity index (χ1n) is 10.4. The van der Waals surface area contributed by atoms with E-state index in [1.165, 1.54) is 0 Å². The van der Waals surface area contributed by atoms with Gasteiger partial charge in [0.2, 0.25) is 0 Å². The first-order valence-corrected chi connectivity index (χ1v) is 10.4. The van der Waals surface area contributed by atoms with Crippen LogP contribution in [0.3, 0.4) is 0 Å². The zero-order valence-electron chi connectivity index (χ0n) is 17.4. The van der Waals surface area contributed by atoms with Crippen molar-refractivity contribution in [2.24, 2.45) is 5.92 Å². The number of piperazine rings is 1. The van der Waals surface area contributed by atoms with Crippen molar-refractivity contribution in [1.29, 1.82) is 0 Å². The molecular weight excluding hydrogens is 359 g/mol. The molecule has 0 bridgehead atoms. The molecule has 2 aliphatic heterocycles. The second kappa shape index (κ2) is 11.2. The van der Waals surface area contributed by atoms with E-state index in [0.717, 1.165) is 64.5 Å². The molecule has 1 unspecified atom stereocenters. The van der Waals surface area contributed by atoms with Crippen LogP contribution < -0.4 is 4.90 Å². The van der Waals surface area contributed by atoms with Crippen molar-refractivity contribution in [2.75, 3.05) is 57.3 Å². The van der Waals surface area contributed by atoms with Gasteiger partial charge in [0.15, 0.2) is 5.78 Å². The van der Waals surface area contributed by atoms with E-state index in [1.807, 2.05) is 30.9 Å². The summed E-state index contributed by atoms with van der Waals surface area (Å²) < 4.78 is 12.5. The van der Waals surface area contributed by atoms with Gasteiger partial charge < -0.3 is 9.80 Å². The highest BCUT2D eigenvalue weighted by molar-refractivity contribution is 5.93. The summed E-state index contributed by atoms with van der Waals surface area (Å²) in [5.74, 6) is 1.64. The van der Waals surface area contributed by atoms with Crippen LogP contribution in [-0.4, -0.2) is 79.0 Å². The van der Waals surface area contributed by atoms with Gasteiger partial charge in [-0.05, 0) is 44.4 Å². The van der Waals surface area contributed by atoms with Gasteiger partial charge in [-0.15, -0.1) is 0 Å². The topological polar surface area (TPSA) is 56.8 Å². The number of rotatable bonds is 7. The number of ketones is 1. The first kappa shape index (κ1) is 22.4. The SMILES string of the molecule is CC.CC(=O)c1ccc(N2CCC(CCN3CCN(CC(=O)F)CC3)C2)nc1. The van der Waals surface area contributed by atoms with Crippen molar-refractivity contribution < 1.29 is 14.0 Å². The van der Waals surface area contributed by atoms with Gasteiger partial charge in [-0.25, -0.2) is 4.98 Å². The highest BCUT2D eigenvalue weighted by atomic mass is 19.1. The molecule has 1 aromatic heterocycles. The average molecular weight is 393 g/mol. The number of Topliss-reactive ketones (excluding diaryl/α,β-unsaturated/α-hetero) is 1. The normalized spacial score (nSPS) is 20.6. The van der Waals surface area contributed by atoms with Crippen LogP contribution >= 0.6 is 0 Å². The molecule has 28 heavy (non-hydrogen) atoms. The summed E-state index contributed by atoms with van der Waals surface area (Å²) in [7, 11) is 0.